The molecule has 0 saturated carbocycles. The van der Waals surface area contributed by atoms with Crippen LogP contribution in [-0.2, 0) is 17.1 Å². The summed E-state index contributed by atoms with van der Waals surface area (Å²) in [5, 5.41) is 0. The molecule has 193 valence electrons. The Kier molecular flexibility index (Phi) is 23.4. The Hall–Kier alpha value is 0.619. The molecule has 1 saturated heterocycles. The van der Waals surface area contributed by atoms with Gasteiger partial charge in [-0.15, -0.1) is 20.5 Å². The molecule has 0 aliphatic carbocycles. The molecule has 0 aromatic rings. The molecule has 12 nitrogen and oxygen atoms in total. The molecule has 0 aromatic heterocycles. The summed E-state index contributed by atoms with van der Waals surface area (Å²) in [6.45, 7) is 9.84. The molecule has 0 bridgehead atoms. The molecule has 1 fully saturated rings. The summed E-state index contributed by atoms with van der Waals surface area (Å²) in [5.74, 6) is 0. The van der Waals surface area contributed by atoms with Gasteiger partial charge in [-0.3, -0.25) is 0 Å². The van der Waals surface area contributed by atoms with E-state index >= 15 is 0 Å². The molecule has 0 amide bonds. The van der Waals surface area contributed by atoms with E-state index in [1.165, 1.54) is 78.0 Å². The van der Waals surface area contributed by atoms with Crippen molar-refractivity contribution in [3.05, 3.63) is 0 Å². The van der Waals surface area contributed by atoms with Crippen LogP contribution in [0.1, 0.15) is 25.7 Å². The third-order valence-electron chi connectivity index (χ3n) is 4.32. The van der Waals surface area contributed by atoms with Crippen LogP contribution in [0.25, 0.3) is 0 Å². The molecular formula is C16H36Cl2CuN4O8. The predicted molar refractivity (Wildman–Crippen MR) is 88.5 cm³/mol. The summed E-state index contributed by atoms with van der Waals surface area (Å²) in [6.07, 6.45) is 5.16. The molecule has 0 aromatic carbocycles. The number of rotatable bonds is 0. The largest absolute Gasteiger partial charge is 2.00 e. The fourth-order valence-corrected chi connectivity index (χ4v) is 2.89. The molecule has 1 aliphatic rings. The van der Waals surface area contributed by atoms with Crippen molar-refractivity contribution in [2.24, 2.45) is 0 Å². The Morgan fingerprint density at radius 1 is 0.387 bits per heavy atom. The first-order valence-electron chi connectivity index (χ1n) is 9.55. The monoisotopic (exact) mass is 545 g/mol. The minimum absolute atomic E-state index is 0. The zero-order valence-corrected chi connectivity index (χ0v) is 21.1. The molecule has 0 spiro atoms. The van der Waals surface area contributed by atoms with E-state index in [-0.39, 0.29) is 17.1 Å². The van der Waals surface area contributed by atoms with Gasteiger partial charge in [-0.1, -0.05) is 0 Å². The zero-order chi connectivity index (χ0) is 23.8. The number of halogens is 2. The van der Waals surface area contributed by atoms with Crippen molar-refractivity contribution in [1.82, 2.24) is 19.6 Å². The van der Waals surface area contributed by atoms with Gasteiger partial charge in [0.1, 0.15) is 0 Å². The topological polar surface area (TPSA) is 197 Å². The Bertz CT molecular complexity index is 321. The standard InChI is InChI=1S/C16H36N4.2ClHO4.Cu/c1-17-9-5-11-18(2)13-7-15-20(4)16-8-14-19(3)12-6-10-17;2*2-1(3,4)5;/h5-16H2,1-4H3;2*(H,2,3,4,5);/q;;;+2/p-2. The molecule has 0 N–H and O–H groups in total. The van der Waals surface area contributed by atoms with Crippen molar-refractivity contribution in [2.45, 2.75) is 25.7 Å². The maximum Gasteiger partial charge on any atom is 2.00 e. The van der Waals surface area contributed by atoms with Gasteiger partial charge >= 0.3 is 17.1 Å². The van der Waals surface area contributed by atoms with E-state index in [0.29, 0.717) is 0 Å². The molecule has 0 atom stereocenters. The van der Waals surface area contributed by atoms with E-state index in [0.717, 1.165) is 0 Å². The third-order valence-corrected chi connectivity index (χ3v) is 4.32. The average Bonchev–Trinajstić information content (AvgIpc) is 2.51. The van der Waals surface area contributed by atoms with Gasteiger partial charge in [-0.2, -0.15) is 0 Å². The molecule has 0 unspecified atom stereocenters. The Balaban J connectivity index is -0.000000595. The Labute approximate surface area is 200 Å². The van der Waals surface area contributed by atoms with Crippen LogP contribution >= 0.6 is 0 Å². The van der Waals surface area contributed by atoms with Gasteiger partial charge in [0.15, 0.2) is 0 Å². The van der Waals surface area contributed by atoms with E-state index in [1.54, 1.807) is 0 Å². The van der Waals surface area contributed by atoms with Gasteiger partial charge in [0.05, 0.1) is 0 Å². The summed E-state index contributed by atoms with van der Waals surface area (Å²) in [4.78, 5) is 9.95. The van der Waals surface area contributed by atoms with Gasteiger partial charge in [0.2, 0.25) is 0 Å². The van der Waals surface area contributed by atoms with E-state index in [1.807, 2.05) is 0 Å². The first kappa shape index (κ1) is 36.2. The van der Waals surface area contributed by atoms with E-state index in [2.05, 4.69) is 47.8 Å². The predicted octanol–water partition coefficient (Wildman–Crippen LogP) is -8.23. The van der Waals surface area contributed by atoms with E-state index < -0.39 is 20.5 Å². The van der Waals surface area contributed by atoms with E-state index in [9.17, 15) is 0 Å². The molecule has 15 heteroatoms. The fraction of sp³-hybridized carbons (Fsp3) is 1.00. The van der Waals surface area contributed by atoms with Gasteiger partial charge in [0, 0.05) is 0 Å². The van der Waals surface area contributed by atoms with Gasteiger partial charge in [-0.25, -0.2) is 37.3 Å². The van der Waals surface area contributed by atoms with Crippen LogP contribution in [-0.4, -0.2) is 100 Å². The molecule has 1 heterocycles. The van der Waals surface area contributed by atoms with E-state index in [4.69, 9.17) is 37.3 Å². The van der Waals surface area contributed by atoms with Gasteiger partial charge in [0.25, 0.3) is 0 Å². The quantitative estimate of drug-likeness (QED) is 0.260. The Morgan fingerprint density at radius 3 is 0.581 bits per heavy atom. The summed E-state index contributed by atoms with van der Waals surface area (Å²) in [7, 11) is -0.841. The van der Waals surface area contributed by atoms with Crippen molar-refractivity contribution >= 4 is 0 Å². The second kappa shape index (κ2) is 20.0. The van der Waals surface area contributed by atoms with Crippen molar-refractivity contribution in [2.75, 3.05) is 80.5 Å². The van der Waals surface area contributed by atoms with Crippen LogP contribution in [0.3, 0.4) is 0 Å². The molecule has 1 aliphatic heterocycles. The second-order valence-electron chi connectivity index (χ2n) is 7.38. The van der Waals surface area contributed by atoms with Crippen molar-refractivity contribution in [3.8, 4) is 0 Å². The smallest absolute Gasteiger partial charge is 0.306 e. The van der Waals surface area contributed by atoms with Crippen LogP contribution in [0.15, 0.2) is 0 Å². The summed E-state index contributed by atoms with van der Waals surface area (Å²) in [6, 6.07) is 0. The normalized spacial score (nSPS) is 20.5. The Morgan fingerprint density at radius 2 is 0.484 bits per heavy atom. The van der Waals surface area contributed by atoms with Crippen LogP contribution in [0.5, 0.6) is 0 Å². The first-order valence-corrected chi connectivity index (χ1v) is 12.0. The third kappa shape index (κ3) is 41.4. The second-order valence-corrected chi connectivity index (χ2v) is 8.90. The van der Waals surface area contributed by atoms with Gasteiger partial charge in [-0.05, 0) is 106 Å². The maximum absolute atomic E-state index is 8.49. The van der Waals surface area contributed by atoms with Crippen LogP contribution in [0.2, 0.25) is 0 Å². The van der Waals surface area contributed by atoms with Crippen molar-refractivity contribution in [3.63, 3.8) is 0 Å². The summed E-state index contributed by atoms with van der Waals surface area (Å²) < 4.78 is 67.9. The maximum atomic E-state index is 8.49. The average molecular weight is 547 g/mol. The fourth-order valence-electron chi connectivity index (χ4n) is 2.89. The number of nitrogens with zero attached hydrogens (tertiary/aromatic N) is 4. The van der Waals surface area contributed by atoms with Crippen LogP contribution in [0, 0.1) is 20.5 Å². The van der Waals surface area contributed by atoms with Crippen molar-refractivity contribution in [1.29, 1.82) is 0 Å². The molecule has 1 rings (SSSR count). The number of hydrogen-bond acceptors (Lipinski definition) is 12. The van der Waals surface area contributed by atoms with Crippen molar-refractivity contribution < 1.29 is 74.8 Å². The zero-order valence-electron chi connectivity index (χ0n) is 18.6. The number of hydrogen-bond donors (Lipinski definition) is 0. The molecule has 1 radical (unpaired) electrons. The first-order chi connectivity index (χ1) is 13.6. The minimum Gasteiger partial charge on any atom is -0.306 e. The SMILES string of the molecule is CN1CCCN(C)CCCN(C)CCCN(C)CCC1.[Cu+2].[O-][Cl+3]([O-])([O-])[O-].[O-][Cl+3]([O-])([O-])[O-]. The summed E-state index contributed by atoms with van der Waals surface area (Å²) >= 11 is 0. The minimum atomic E-state index is -4.94. The molecular weight excluding hydrogens is 511 g/mol. The van der Waals surface area contributed by atoms with Crippen LogP contribution < -0.4 is 37.3 Å². The summed E-state index contributed by atoms with van der Waals surface area (Å²) in [5.41, 5.74) is 0. The van der Waals surface area contributed by atoms with Crippen LogP contribution in [0.4, 0.5) is 0 Å². The van der Waals surface area contributed by atoms with Gasteiger partial charge < -0.3 is 19.6 Å². The molecule has 31 heavy (non-hydrogen) atoms.